The van der Waals surface area contributed by atoms with Gasteiger partial charge in [-0.1, -0.05) is 12.2 Å². The van der Waals surface area contributed by atoms with E-state index in [-0.39, 0.29) is 11.7 Å². The summed E-state index contributed by atoms with van der Waals surface area (Å²) >= 11 is 0. The standard InChI is InChI=1S/C17H23N5O2/c1-12-11-14(23)22-15(13-5-3-2-4-6-13)19-16(20-17(22)18-12)21-7-9-24-10-8-21/h2-3,11,13,15H,4-10H2,1H3,(H,18,19,20)/t13-,15-/m1/s1. The Labute approximate surface area is 141 Å². The number of allylic oxidation sites excluding steroid dienone is 2. The molecule has 0 unspecified atom stereocenters. The summed E-state index contributed by atoms with van der Waals surface area (Å²) in [6, 6.07) is 1.59. The summed E-state index contributed by atoms with van der Waals surface area (Å²) in [6.45, 7) is 4.86. The molecule has 0 radical (unpaired) electrons. The summed E-state index contributed by atoms with van der Waals surface area (Å²) in [6.07, 6.45) is 7.25. The Balaban J connectivity index is 1.74. The van der Waals surface area contributed by atoms with E-state index in [9.17, 15) is 4.79 Å². The average Bonchev–Trinajstić information content (AvgIpc) is 2.62. The van der Waals surface area contributed by atoms with E-state index in [0.717, 1.165) is 44.0 Å². The molecule has 3 aliphatic rings. The molecule has 1 saturated heterocycles. The van der Waals surface area contributed by atoms with Crippen LogP contribution < -0.4 is 10.9 Å². The zero-order chi connectivity index (χ0) is 16.5. The second-order valence-corrected chi connectivity index (χ2v) is 6.56. The van der Waals surface area contributed by atoms with Gasteiger partial charge in [0.25, 0.3) is 5.56 Å². The molecule has 7 heteroatoms. The number of aryl methyl sites for hydroxylation is 1. The summed E-state index contributed by atoms with van der Waals surface area (Å²) in [5.41, 5.74) is 0.693. The maximum atomic E-state index is 12.6. The number of morpholine rings is 1. The number of anilines is 1. The molecule has 3 heterocycles. The van der Waals surface area contributed by atoms with Crippen molar-refractivity contribution in [1.82, 2.24) is 14.5 Å². The number of ether oxygens (including phenoxy) is 1. The van der Waals surface area contributed by atoms with Gasteiger partial charge in [0, 0.05) is 30.8 Å². The van der Waals surface area contributed by atoms with Crippen LogP contribution in [-0.4, -0.2) is 46.7 Å². The number of fused-ring (bicyclic) bond motifs is 1. The second-order valence-electron chi connectivity index (χ2n) is 6.56. The molecular weight excluding hydrogens is 306 g/mol. The molecule has 2 atom stereocenters. The maximum Gasteiger partial charge on any atom is 0.256 e. The fourth-order valence-corrected chi connectivity index (χ4v) is 3.60. The number of aliphatic imine (C=N–C) groups is 1. The van der Waals surface area contributed by atoms with E-state index in [1.54, 1.807) is 10.6 Å². The van der Waals surface area contributed by atoms with Crippen molar-refractivity contribution in [2.45, 2.75) is 32.4 Å². The van der Waals surface area contributed by atoms with Gasteiger partial charge in [0.2, 0.25) is 11.9 Å². The number of rotatable bonds is 1. The fraction of sp³-hybridized carbons (Fsp3) is 0.588. The molecule has 0 bridgehead atoms. The van der Waals surface area contributed by atoms with Crippen molar-refractivity contribution in [2.75, 3.05) is 31.6 Å². The summed E-state index contributed by atoms with van der Waals surface area (Å²) in [7, 11) is 0. The molecule has 24 heavy (non-hydrogen) atoms. The number of aromatic nitrogens is 2. The SMILES string of the molecule is Cc1cc(=O)n2c(n1)NC(N1CCOCC1)=N[C@H]2[C@@H]1CC=CCC1. The zero-order valence-corrected chi connectivity index (χ0v) is 13.9. The van der Waals surface area contributed by atoms with Crippen LogP contribution in [0.1, 0.15) is 31.1 Å². The van der Waals surface area contributed by atoms with Crippen LogP contribution in [0.25, 0.3) is 0 Å². The van der Waals surface area contributed by atoms with Crippen LogP contribution in [0.3, 0.4) is 0 Å². The van der Waals surface area contributed by atoms with Gasteiger partial charge in [-0.15, -0.1) is 0 Å². The van der Waals surface area contributed by atoms with E-state index in [4.69, 9.17) is 9.73 Å². The van der Waals surface area contributed by atoms with Gasteiger partial charge in [0.05, 0.1) is 13.2 Å². The lowest BCUT2D eigenvalue weighted by Crippen LogP contribution is -2.48. The van der Waals surface area contributed by atoms with Crippen LogP contribution in [0, 0.1) is 12.8 Å². The molecule has 1 aliphatic carbocycles. The lowest BCUT2D eigenvalue weighted by Gasteiger charge is -2.37. The van der Waals surface area contributed by atoms with E-state index in [2.05, 4.69) is 27.4 Å². The summed E-state index contributed by atoms with van der Waals surface area (Å²) < 4.78 is 7.16. The van der Waals surface area contributed by atoms with E-state index in [1.165, 1.54) is 0 Å². The fourth-order valence-electron chi connectivity index (χ4n) is 3.60. The second kappa shape index (κ2) is 6.39. The average molecular weight is 329 g/mol. The molecule has 2 aliphatic heterocycles. The summed E-state index contributed by atoms with van der Waals surface area (Å²) in [5, 5.41) is 3.27. The van der Waals surface area contributed by atoms with Crippen molar-refractivity contribution in [3.8, 4) is 0 Å². The van der Waals surface area contributed by atoms with Crippen LogP contribution in [0.5, 0.6) is 0 Å². The first kappa shape index (κ1) is 15.4. The Morgan fingerprint density at radius 1 is 1.29 bits per heavy atom. The molecule has 128 valence electrons. The largest absolute Gasteiger partial charge is 0.378 e. The molecule has 1 aromatic rings. The Bertz CT molecular complexity index is 733. The Morgan fingerprint density at radius 2 is 2.12 bits per heavy atom. The summed E-state index contributed by atoms with van der Waals surface area (Å²) in [4.78, 5) is 24.3. The third-order valence-electron chi connectivity index (χ3n) is 4.86. The predicted octanol–water partition coefficient (Wildman–Crippen LogP) is 1.52. The van der Waals surface area contributed by atoms with Crippen LogP contribution in [0.4, 0.5) is 5.95 Å². The number of nitrogens with one attached hydrogen (secondary N) is 1. The molecule has 1 aromatic heterocycles. The van der Waals surface area contributed by atoms with Crippen molar-refractivity contribution in [3.05, 3.63) is 34.3 Å². The van der Waals surface area contributed by atoms with Crippen molar-refractivity contribution in [2.24, 2.45) is 10.9 Å². The molecular formula is C17H23N5O2. The van der Waals surface area contributed by atoms with Gasteiger partial charge in [-0.3, -0.25) is 14.7 Å². The van der Waals surface area contributed by atoms with E-state index in [0.29, 0.717) is 25.1 Å². The predicted molar refractivity (Wildman–Crippen MR) is 92.2 cm³/mol. The number of nitrogens with zero attached hydrogens (tertiary/aromatic N) is 4. The lowest BCUT2D eigenvalue weighted by atomic mass is 9.91. The topological polar surface area (TPSA) is 71.8 Å². The molecule has 1 fully saturated rings. The van der Waals surface area contributed by atoms with E-state index >= 15 is 0 Å². The summed E-state index contributed by atoms with van der Waals surface area (Å²) in [5.74, 6) is 1.75. The van der Waals surface area contributed by atoms with Crippen LogP contribution >= 0.6 is 0 Å². The lowest BCUT2D eigenvalue weighted by molar-refractivity contribution is 0.0672. The highest BCUT2D eigenvalue weighted by Gasteiger charge is 2.32. The Morgan fingerprint density at radius 3 is 2.88 bits per heavy atom. The van der Waals surface area contributed by atoms with Gasteiger partial charge in [0.15, 0.2) is 0 Å². The number of hydrogen-bond acceptors (Lipinski definition) is 6. The van der Waals surface area contributed by atoms with Crippen molar-refractivity contribution >= 4 is 11.9 Å². The minimum Gasteiger partial charge on any atom is -0.378 e. The Hall–Kier alpha value is -2.15. The van der Waals surface area contributed by atoms with Gasteiger partial charge in [-0.05, 0) is 26.2 Å². The van der Waals surface area contributed by atoms with E-state index in [1.807, 2.05) is 6.92 Å². The molecule has 0 spiro atoms. The molecule has 0 aromatic carbocycles. The first-order valence-electron chi connectivity index (χ1n) is 8.65. The van der Waals surface area contributed by atoms with Gasteiger partial charge >= 0.3 is 0 Å². The minimum atomic E-state index is -0.190. The van der Waals surface area contributed by atoms with Gasteiger partial charge in [-0.25, -0.2) is 9.98 Å². The third-order valence-corrected chi connectivity index (χ3v) is 4.86. The first-order valence-corrected chi connectivity index (χ1v) is 8.65. The first-order chi connectivity index (χ1) is 11.7. The minimum absolute atomic E-state index is 0.0330. The van der Waals surface area contributed by atoms with Gasteiger partial charge in [0.1, 0.15) is 6.17 Å². The quantitative estimate of drug-likeness (QED) is 0.791. The van der Waals surface area contributed by atoms with Crippen molar-refractivity contribution < 1.29 is 4.74 Å². The van der Waals surface area contributed by atoms with Crippen molar-refractivity contribution in [3.63, 3.8) is 0 Å². The van der Waals surface area contributed by atoms with Crippen LogP contribution in [-0.2, 0) is 4.74 Å². The van der Waals surface area contributed by atoms with Crippen LogP contribution in [0.15, 0.2) is 28.0 Å². The van der Waals surface area contributed by atoms with Gasteiger partial charge < -0.3 is 9.64 Å². The van der Waals surface area contributed by atoms with Gasteiger partial charge in [-0.2, -0.15) is 0 Å². The third kappa shape index (κ3) is 2.84. The molecule has 1 N–H and O–H groups in total. The monoisotopic (exact) mass is 329 g/mol. The van der Waals surface area contributed by atoms with Crippen molar-refractivity contribution in [1.29, 1.82) is 0 Å². The zero-order valence-electron chi connectivity index (χ0n) is 13.9. The molecule has 0 saturated carbocycles. The molecule has 7 nitrogen and oxygen atoms in total. The van der Waals surface area contributed by atoms with E-state index < -0.39 is 0 Å². The Kier molecular flexibility index (Phi) is 4.10. The number of guanidine groups is 1. The normalized spacial score (nSPS) is 26.5. The number of hydrogen-bond donors (Lipinski definition) is 1. The highest BCUT2D eigenvalue weighted by Crippen LogP contribution is 2.33. The smallest absolute Gasteiger partial charge is 0.256 e. The molecule has 0 amide bonds. The van der Waals surface area contributed by atoms with Crippen LogP contribution in [0.2, 0.25) is 0 Å². The maximum absolute atomic E-state index is 12.6. The highest BCUT2D eigenvalue weighted by atomic mass is 16.5. The highest BCUT2D eigenvalue weighted by molar-refractivity contribution is 5.93. The molecule has 4 rings (SSSR count).